The topological polar surface area (TPSA) is 60.2 Å². The minimum Gasteiger partial charge on any atom is -0.369 e. The fourth-order valence-corrected chi connectivity index (χ4v) is 1.88. The van der Waals surface area contributed by atoms with Gasteiger partial charge in [-0.05, 0) is 12.8 Å². The van der Waals surface area contributed by atoms with E-state index >= 15 is 0 Å². The highest BCUT2D eigenvalue weighted by Crippen LogP contribution is 2.03. The van der Waals surface area contributed by atoms with Gasteiger partial charge in [0.15, 0.2) is 0 Å². The monoisotopic (exact) mass is 191 g/mol. The third kappa shape index (κ3) is 6.34. The van der Waals surface area contributed by atoms with Crippen LogP contribution >= 0.6 is 0 Å². The maximum Gasteiger partial charge on any atom is 0.219 e. The van der Waals surface area contributed by atoms with E-state index in [2.05, 4.69) is 0 Å². The van der Waals surface area contributed by atoms with E-state index in [9.17, 15) is 9.00 Å². The van der Waals surface area contributed by atoms with Crippen molar-refractivity contribution in [3.05, 3.63) is 0 Å². The first kappa shape index (κ1) is 11.6. The first-order valence-electron chi connectivity index (χ1n) is 4.18. The van der Waals surface area contributed by atoms with Crippen molar-refractivity contribution in [2.24, 2.45) is 11.7 Å². The van der Waals surface area contributed by atoms with Crippen LogP contribution in [0.4, 0.5) is 0 Å². The summed E-state index contributed by atoms with van der Waals surface area (Å²) in [7, 11) is -0.423. The fraction of sp³-hybridized carbons (Fsp3) is 0.875. The summed E-state index contributed by atoms with van der Waals surface area (Å²) < 4.78 is 10.4. The Hall–Kier alpha value is -0.380. The summed E-state index contributed by atoms with van der Waals surface area (Å²) in [4.78, 5) is 9.92. The van der Waals surface area contributed by atoms with Gasteiger partial charge < -0.3 is 5.73 Å². The highest BCUT2D eigenvalue weighted by atomic mass is 32.2. The molecular weight excluding hydrogens is 174 g/mol. The van der Waals surface area contributed by atoms with Gasteiger partial charge in [0.05, 0.1) is 0 Å². The summed E-state index contributed by atoms with van der Waals surface area (Å²) in [6.07, 6.45) is 2.37. The van der Waals surface area contributed by atoms with E-state index in [1.165, 1.54) is 12.8 Å². The molecule has 0 radical (unpaired) electrons. The van der Waals surface area contributed by atoms with Crippen LogP contribution in [0.1, 0.15) is 26.7 Å². The second-order valence-corrected chi connectivity index (χ2v) is 4.81. The number of hydrogen-bond donors (Lipinski definition) is 1. The lowest BCUT2D eigenvalue weighted by molar-refractivity contribution is -0.120. The smallest absolute Gasteiger partial charge is 0.219 e. The molecule has 72 valence electrons. The van der Waals surface area contributed by atoms with Crippen LogP contribution in [0.25, 0.3) is 0 Å². The van der Waals surface area contributed by atoms with Gasteiger partial charge in [0.2, 0.25) is 5.91 Å². The van der Waals surface area contributed by atoms with Crippen molar-refractivity contribution in [2.45, 2.75) is 26.7 Å². The third-order valence-corrected chi connectivity index (χ3v) is 3.05. The number of carbonyl (C=O) groups is 1. The standard InChI is InChI=1S/C4H9NO.C4H8OS/c1-3(2)4(5)6;5-6-3-1-2-4-6/h3H,1-2H3,(H2,5,6);1-4H2. The normalized spacial score (nSPS) is 17.2. The minimum atomic E-state index is -0.423. The highest BCUT2D eigenvalue weighted by Gasteiger charge is 2.05. The molecule has 1 amide bonds. The van der Waals surface area contributed by atoms with Crippen LogP contribution < -0.4 is 5.73 Å². The lowest BCUT2D eigenvalue weighted by atomic mass is 10.2. The number of primary amides is 1. The van der Waals surface area contributed by atoms with Gasteiger partial charge in [-0.25, -0.2) is 0 Å². The lowest BCUT2D eigenvalue weighted by Crippen LogP contribution is -2.17. The summed E-state index contributed by atoms with van der Waals surface area (Å²) in [5.41, 5.74) is 4.80. The van der Waals surface area contributed by atoms with Crippen LogP contribution in [0.2, 0.25) is 0 Å². The predicted octanol–water partition coefficient (Wildman–Crippen LogP) is 0.657. The maximum atomic E-state index is 10.4. The van der Waals surface area contributed by atoms with E-state index < -0.39 is 10.8 Å². The number of amides is 1. The molecule has 0 atom stereocenters. The number of hydrogen-bond acceptors (Lipinski definition) is 2. The summed E-state index contributed by atoms with van der Waals surface area (Å²) in [6.45, 7) is 3.53. The van der Waals surface area contributed by atoms with Gasteiger partial charge in [-0.1, -0.05) is 13.8 Å². The molecule has 0 saturated carbocycles. The Morgan fingerprint density at radius 1 is 1.33 bits per heavy atom. The van der Waals surface area contributed by atoms with E-state index in [0.29, 0.717) is 0 Å². The first-order chi connectivity index (χ1) is 5.54. The first-order valence-corrected chi connectivity index (χ1v) is 5.67. The van der Waals surface area contributed by atoms with Gasteiger partial charge in [-0.3, -0.25) is 9.00 Å². The lowest BCUT2D eigenvalue weighted by Gasteiger charge is -1.90. The second kappa shape index (κ2) is 6.17. The van der Waals surface area contributed by atoms with E-state index in [1.807, 2.05) is 0 Å². The average Bonchev–Trinajstić information content (AvgIpc) is 2.40. The van der Waals surface area contributed by atoms with E-state index in [4.69, 9.17) is 5.73 Å². The molecule has 0 spiro atoms. The number of carbonyl (C=O) groups excluding carboxylic acids is 1. The molecule has 0 bridgehead atoms. The van der Waals surface area contributed by atoms with Gasteiger partial charge in [0, 0.05) is 28.2 Å². The van der Waals surface area contributed by atoms with Gasteiger partial charge >= 0.3 is 0 Å². The zero-order valence-corrected chi connectivity index (χ0v) is 8.52. The van der Waals surface area contributed by atoms with Crippen molar-refractivity contribution in [1.82, 2.24) is 0 Å². The maximum absolute atomic E-state index is 10.4. The molecule has 2 N–H and O–H groups in total. The summed E-state index contributed by atoms with van der Waals surface area (Å²) in [5, 5.41) is 0. The largest absolute Gasteiger partial charge is 0.369 e. The Labute approximate surface area is 76.2 Å². The van der Waals surface area contributed by atoms with E-state index in [-0.39, 0.29) is 11.8 Å². The van der Waals surface area contributed by atoms with Crippen molar-refractivity contribution in [3.63, 3.8) is 0 Å². The van der Waals surface area contributed by atoms with Crippen molar-refractivity contribution >= 4 is 16.7 Å². The molecule has 1 aliphatic heterocycles. The van der Waals surface area contributed by atoms with Crippen molar-refractivity contribution in [1.29, 1.82) is 0 Å². The highest BCUT2D eigenvalue weighted by molar-refractivity contribution is 7.85. The zero-order valence-electron chi connectivity index (χ0n) is 7.71. The molecule has 0 aromatic heterocycles. The molecule has 3 nitrogen and oxygen atoms in total. The van der Waals surface area contributed by atoms with Crippen LogP contribution in [0, 0.1) is 5.92 Å². The fourth-order valence-electron chi connectivity index (χ4n) is 0.628. The predicted molar refractivity (Wildman–Crippen MR) is 51.1 cm³/mol. The van der Waals surface area contributed by atoms with Crippen LogP contribution in [0.5, 0.6) is 0 Å². The third-order valence-electron chi connectivity index (χ3n) is 1.56. The molecule has 1 rings (SSSR count). The second-order valence-electron chi connectivity index (χ2n) is 3.11. The van der Waals surface area contributed by atoms with E-state index in [1.54, 1.807) is 13.8 Å². The van der Waals surface area contributed by atoms with E-state index in [0.717, 1.165) is 11.5 Å². The minimum absolute atomic E-state index is 0.00926. The number of nitrogens with two attached hydrogens (primary N) is 1. The molecule has 0 aliphatic carbocycles. The number of rotatable bonds is 1. The average molecular weight is 191 g/mol. The molecule has 1 saturated heterocycles. The van der Waals surface area contributed by atoms with Crippen LogP contribution in [-0.2, 0) is 15.6 Å². The molecule has 1 aliphatic rings. The van der Waals surface area contributed by atoms with Crippen molar-refractivity contribution < 1.29 is 9.00 Å². The summed E-state index contributed by atoms with van der Waals surface area (Å²) in [5.74, 6) is 1.67. The van der Waals surface area contributed by atoms with Crippen LogP contribution in [-0.4, -0.2) is 21.6 Å². The Morgan fingerprint density at radius 2 is 1.67 bits per heavy atom. The van der Waals surface area contributed by atoms with Crippen LogP contribution in [0.15, 0.2) is 0 Å². The summed E-state index contributed by atoms with van der Waals surface area (Å²) in [6, 6.07) is 0. The molecule has 12 heavy (non-hydrogen) atoms. The Balaban J connectivity index is 0.000000202. The molecule has 1 fully saturated rings. The van der Waals surface area contributed by atoms with Gasteiger partial charge in [0.25, 0.3) is 0 Å². The summed E-state index contributed by atoms with van der Waals surface area (Å²) >= 11 is 0. The van der Waals surface area contributed by atoms with Crippen molar-refractivity contribution in [2.75, 3.05) is 11.5 Å². The van der Waals surface area contributed by atoms with Gasteiger partial charge in [-0.15, -0.1) is 0 Å². The Bertz CT molecular complexity index is 158. The Kier molecular flexibility index (Phi) is 5.98. The van der Waals surface area contributed by atoms with Gasteiger partial charge in [0.1, 0.15) is 0 Å². The van der Waals surface area contributed by atoms with Gasteiger partial charge in [-0.2, -0.15) is 0 Å². The molecule has 0 unspecified atom stereocenters. The Morgan fingerprint density at radius 3 is 1.75 bits per heavy atom. The SMILES string of the molecule is CC(C)C(N)=O.O=S1CCCC1. The molecule has 4 heteroatoms. The molecular formula is C8H17NO2S. The van der Waals surface area contributed by atoms with Crippen LogP contribution in [0.3, 0.4) is 0 Å². The molecule has 1 heterocycles. The zero-order chi connectivity index (χ0) is 9.56. The molecule has 0 aromatic carbocycles. The molecule has 0 aromatic rings. The quantitative estimate of drug-likeness (QED) is 0.661. The van der Waals surface area contributed by atoms with Crippen molar-refractivity contribution in [3.8, 4) is 0 Å².